The van der Waals surface area contributed by atoms with Crippen LogP contribution in [0.25, 0.3) is 0 Å². The number of likely N-dealkylation sites (tertiary alicyclic amines) is 1. The standard InChI is InChI=1S/C35H53F3N6O3/c1-24(2)28(44-32(47)39-23-34(44)14-7-6-8-15-34)30(45)40-29(33(3,4)5)31(46)43-16-10-13-27(43)22-41-17-19-42(20-18-41)26-12-9-11-25(21-26)35(36,37)38/h9,11-12,21,24,27-29H,6-8,10,13-20,22-23H2,1-5H3,(H,39,47)(H,40,45)/t27?,28-,29?/m0/s1. The summed E-state index contributed by atoms with van der Waals surface area (Å²) in [6.07, 6.45) is 2.27. The van der Waals surface area contributed by atoms with Gasteiger partial charge in [-0.2, -0.15) is 13.2 Å². The lowest BCUT2D eigenvalue weighted by molar-refractivity contribution is -0.142. The number of hydrogen-bond acceptors (Lipinski definition) is 5. The van der Waals surface area contributed by atoms with Crippen molar-refractivity contribution in [1.29, 1.82) is 0 Å². The van der Waals surface area contributed by atoms with Crippen LogP contribution in [0.1, 0.15) is 85.1 Å². The fourth-order valence-electron chi connectivity index (χ4n) is 8.12. The minimum Gasteiger partial charge on any atom is -0.369 e. The van der Waals surface area contributed by atoms with Gasteiger partial charge in [-0.3, -0.25) is 14.5 Å². The predicted octanol–water partition coefficient (Wildman–Crippen LogP) is 5.10. The zero-order valence-electron chi connectivity index (χ0n) is 28.7. The van der Waals surface area contributed by atoms with Gasteiger partial charge >= 0.3 is 12.2 Å². The van der Waals surface area contributed by atoms with Crippen molar-refractivity contribution < 1.29 is 27.6 Å². The molecular formula is C35H53F3N6O3. The summed E-state index contributed by atoms with van der Waals surface area (Å²) in [5.74, 6) is -0.518. The van der Waals surface area contributed by atoms with Gasteiger partial charge in [0.05, 0.1) is 11.1 Å². The lowest BCUT2D eigenvalue weighted by Gasteiger charge is -2.45. The van der Waals surface area contributed by atoms with Gasteiger partial charge in [-0.15, -0.1) is 0 Å². The van der Waals surface area contributed by atoms with Crippen LogP contribution in [-0.4, -0.2) is 102 Å². The van der Waals surface area contributed by atoms with Crippen LogP contribution in [-0.2, 0) is 15.8 Å². The fourth-order valence-corrected chi connectivity index (χ4v) is 8.12. The van der Waals surface area contributed by atoms with Gasteiger partial charge in [-0.1, -0.05) is 59.9 Å². The molecule has 262 valence electrons. The number of urea groups is 1. The first-order valence-electron chi connectivity index (χ1n) is 17.4. The number of carbonyl (C=O) groups excluding carboxylic acids is 3. The van der Waals surface area contributed by atoms with E-state index >= 15 is 0 Å². The molecule has 0 bridgehead atoms. The summed E-state index contributed by atoms with van der Waals surface area (Å²) in [7, 11) is 0. The van der Waals surface area contributed by atoms with E-state index in [-0.39, 0.29) is 35.3 Å². The minimum absolute atomic E-state index is 0.0138. The van der Waals surface area contributed by atoms with Crippen molar-refractivity contribution in [3.05, 3.63) is 29.8 Å². The van der Waals surface area contributed by atoms with Crippen molar-refractivity contribution in [3.63, 3.8) is 0 Å². The van der Waals surface area contributed by atoms with E-state index in [0.717, 1.165) is 51.0 Å². The summed E-state index contributed by atoms with van der Waals surface area (Å²) < 4.78 is 39.8. The molecule has 12 heteroatoms. The Hall–Kier alpha value is -3.02. The number of halogens is 3. The quantitative estimate of drug-likeness (QED) is 0.405. The first kappa shape index (κ1) is 35.3. The molecule has 1 aromatic carbocycles. The first-order chi connectivity index (χ1) is 22.1. The molecule has 2 N–H and O–H groups in total. The predicted molar refractivity (Wildman–Crippen MR) is 176 cm³/mol. The number of carbonyl (C=O) groups is 3. The second-order valence-electron chi connectivity index (χ2n) is 15.5. The Bertz CT molecular complexity index is 1280. The molecule has 1 aliphatic carbocycles. The third kappa shape index (κ3) is 7.67. The second-order valence-corrected chi connectivity index (χ2v) is 15.5. The average molecular weight is 663 g/mol. The molecular weight excluding hydrogens is 609 g/mol. The summed E-state index contributed by atoms with van der Waals surface area (Å²) in [5.41, 5.74) is -1.00. The van der Waals surface area contributed by atoms with E-state index in [4.69, 9.17) is 0 Å². The molecule has 3 aliphatic heterocycles. The van der Waals surface area contributed by atoms with Gasteiger partial charge < -0.3 is 25.3 Å². The van der Waals surface area contributed by atoms with E-state index in [0.29, 0.717) is 51.5 Å². The van der Waals surface area contributed by atoms with E-state index in [1.807, 2.05) is 44.4 Å². The highest BCUT2D eigenvalue weighted by molar-refractivity contribution is 5.93. The molecule has 2 unspecified atom stereocenters. The molecule has 0 aromatic heterocycles. The van der Waals surface area contributed by atoms with Crippen LogP contribution in [0.5, 0.6) is 0 Å². The van der Waals surface area contributed by atoms with Crippen molar-refractivity contribution in [3.8, 4) is 0 Å². The van der Waals surface area contributed by atoms with E-state index in [1.165, 1.54) is 12.1 Å². The molecule has 3 atom stereocenters. The third-order valence-electron chi connectivity index (χ3n) is 10.7. The van der Waals surface area contributed by atoms with Gasteiger partial charge in [0.2, 0.25) is 11.8 Å². The highest BCUT2D eigenvalue weighted by Crippen LogP contribution is 2.39. The van der Waals surface area contributed by atoms with Gasteiger partial charge in [0.25, 0.3) is 0 Å². The summed E-state index contributed by atoms with van der Waals surface area (Å²) >= 11 is 0. The second kappa shape index (κ2) is 13.8. The molecule has 0 radical (unpaired) electrons. The fraction of sp³-hybridized carbons (Fsp3) is 0.743. The number of anilines is 1. The normalized spacial score (nSPS) is 23.7. The van der Waals surface area contributed by atoms with Crippen molar-refractivity contribution in [2.75, 3.05) is 50.7 Å². The molecule has 5 rings (SSSR count). The van der Waals surface area contributed by atoms with E-state index in [9.17, 15) is 27.6 Å². The Morgan fingerprint density at radius 2 is 1.68 bits per heavy atom. The number of piperazine rings is 1. The Balaban J connectivity index is 1.24. The number of alkyl halides is 3. The number of rotatable bonds is 8. The van der Waals surface area contributed by atoms with Gasteiger partial charge in [0.15, 0.2) is 0 Å². The average Bonchev–Trinajstić information content (AvgIpc) is 3.60. The van der Waals surface area contributed by atoms with Crippen LogP contribution >= 0.6 is 0 Å². The first-order valence-corrected chi connectivity index (χ1v) is 17.4. The van der Waals surface area contributed by atoms with Crippen molar-refractivity contribution in [2.24, 2.45) is 11.3 Å². The lowest BCUT2D eigenvalue weighted by atomic mass is 9.79. The molecule has 3 saturated heterocycles. The van der Waals surface area contributed by atoms with Crippen molar-refractivity contribution in [2.45, 2.75) is 109 Å². The van der Waals surface area contributed by atoms with Crippen LogP contribution in [0.2, 0.25) is 0 Å². The largest absolute Gasteiger partial charge is 0.416 e. The molecule has 1 saturated carbocycles. The van der Waals surface area contributed by atoms with Gasteiger partial charge in [0, 0.05) is 57.5 Å². The molecule has 47 heavy (non-hydrogen) atoms. The number of benzene rings is 1. The smallest absolute Gasteiger partial charge is 0.369 e. The summed E-state index contributed by atoms with van der Waals surface area (Å²) in [6.45, 7) is 14.2. The SMILES string of the molecule is CC(C)[C@@H](C(=O)NC(C(=O)N1CCCC1CN1CCN(c2cccc(C(F)(F)F)c2)CC1)C(C)(C)C)N1C(=O)NCC12CCCCC2. The number of nitrogens with one attached hydrogen (secondary N) is 2. The number of hydrogen-bond donors (Lipinski definition) is 2. The zero-order valence-corrected chi connectivity index (χ0v) is 28.7. The van der Waals surface area contributed by atoms with E-state index in [2.05, 4.69) is 15.5 Å². The summed E-state index contributed by atoms with van der Waals surface area (Å²) in [6, 6.07) is 3.82. The van der Waals surface area contributed by atoms with Crippen LogP contribution in [0.3, 0.4) is 0 Å². The Kier molecular flexibility index (Phi) is 10.4. The monoisotopic (exact) mass is 662 g/mol. The maximum Gasteiger partial charge on any atom is 0.416 e. The van der Waals surface area contributed by atoms with Gasteiger partial charge in [0.1, 0.15) is 12.1 Å². The zero-order chi connectivity index (χ0) is 34.1. The topological polar surface area (TPSA) is 88.2 Å². The Morgan fingerprint density at radius 1 is 1.00 bits per heavy atom. The van der Waals surface area contributed by atoms with Crippen molar-refractivity contribution in [1.82, 2.24) is 25.3 Å². The molecule has 4 fully saturated rings. The van der Waals surface area contributed by atoms with Crippen LogP contribution in [0, 0.1) is 11.3 Å². The molecule has 3 heterocycles. The third-order valence-corrected chi connectivity index (χ3v) is 10.7. The Labute approximate surface area is 277 Å². The molecule has 4 aliphatic rings. The molecule has 1 aromatic rings. The van der Waals surface area contributed by atoms with Crippen LogP contribution in [0.4, 0.5) is 23.7 Å². The number of nitrogens with zero attached hydrogens (tertiary/aromatic N) is 4. The molecule has 4 amide bonds. The van der Waals surface area contributed by atoms with E-state index in [1.54, 1.807) is 11.0 Å². The highest BCUT2D eigenvalue weighted by Gasteiger charge is 2.52. The van der Waals surface area contributed by atoms with Crippen LogP contribution in [0.15, 0.2) is 24.3 Å². The maximum atomic E-state index is 14.3. The lowest BCUT2D eigenvalue weighted by Crippen LogP contribution is -2.64. The summed E-state index contributed by atoms with van der Waals surface area (Å²) in [5, 5.41) is 6.16. The maximum absolute atomic E-state index is 14.3. The van der Waals surface area contributed by atoms with Gasteiger partial charge in [-0.05, 0) is 55.2 Å². The minimum atomic E-state index is -4.38. The van der Waals surface area contributed by atoms with Crippen molar-refractivity contribution >= 4 is 23.5 Å². The van der Waals surface area contributed by atoms with Crippen LogP contribution < -0.4 is 15.5 Å². The molecule has 9 nitrogen and oxygen atoms in total. The van der Waals surface area contributed by atoms with Gasteiger partial charge in [-0.25, -0.2) is 4.79 Å². The Morgan fingerprint density at radius 3 is 2.30 bits per heavy atom. The highest BCUT2D eigenvalue weighted by atomic mass is 19.4. The molecule has 1 spiro atoms. The summed E-state index contributed by atoms with van der Waals surface area (Å²) in [4.78, 5) is 49.7. The van der Waals surface area contributed by atoms with E-state index < -0.39 is 29.2 Å². The number of amides is 4.